The van der Waals surface area contributed by atoms with E-state index >= 15 is 0 Å². The van der Waals surface area contributed by atoms with Crippen molar-refractivity contribution in [3.8, 4) is 11.3 Å². The minimum atomic E-state index is -0.156. The maximum Gasteiger partial charge on any atom is 0.255 e. The Kier molecular flexibility index (Phi) is 4.93. The molecule has 0 saturated heterocycles. The molecule has 6 heteroatoms. The number of hydrogen-bond donors (Lipinski definition) is 2. The Balaban J connectivity index is 1.76. The van der Waals surface area contributed by atoms with Crippen LogP contribution in [0.1, 0.15) is 15.9 Å². The summed E-state index contributed by atoms with van der Waals surface area (Å²) in [6.45, 7) is 0.467. The number of aromatic amines is 1. The summed E-state index contributed by atoms with van der Waals surface area (Å²) in [7, 11) is 0. The zero-order chi connectivity index (χ0) is 16.2. The molecule has 0 atom stereocenters. The van der Waals surface area contributed by atoms with E-state index in [-0.39, 0.29) is 5.91 Å². The van der Waals surface area contributed by atoms with Gasteiger partial charge in [-0.2, -0.15) is 5.10 Å². The molecular formula is C17H13Br2N3O. The van der Waals surface area contributed by atoms with E-state index in [4.69, 9.17) is 0 Å². The largest absolute Gasteiger partial charge is 0.348 e. The summed E-state index contributed by atoms with van der Waals surface area (Å²) in [5, 5.41) is 9.83. The SMILES string of the molecule is O=C(NCc1ccc(Br)cc1)c1cn[nH]c1-c1cccc(Br)c1. The quantitative estimate of drug-likeness (QED) is 0.633. The topological polar surface area (TPSA) is 57.8 Å². The number of benzene rings is 2. The number of aromatic nitrogens is 2. The van der Waals surface area contributed by atoms with E-state index in [1.54, 1.807) is 6.20 Å². The number of carbonyl (C=O) groups excluding carboxylic acids is 1. The Morgan fingerprint density at radius 2 is 1.87 bits per heavy atom. The molecule has 1 aromatic heterocycles. The molecule has 0 aliphatic carbocycles. The molecule has 0 saturated carbocycles. The average Bonchev–Trinajstić information content (AvgIpc) is 3.04. The molecule has 116 valence electrons. The lowest BCUT2D eigenvalue weighted by Gasteiger charge is -2.06. The summed E-state index contributed by atoms with van der Waals surface area (Å²) in [5.74, 6) is -0.156. The average molecular weight is 435 g/mol. The van der Waals surface area contributed by atoms with Gasteiger partial charge in [0.15, 0.2) is 0 Å². The van der Waals surface area contributed by atoms with Crippen LogP contribution in [0.2, 0.25) is 0 Å². The molecule has 0 radical (unpaired) electrons. The van der Waals surface area contributed by atoms with Crippen LogP contribution in [0, 0.1) is 0 Å². The van der Waals surface area contributed by atoms with Gasteiger partial charge in [0.2, 0.25) is 0 Å². The van der Waals surface area contributed by atoms with Crippen molar-refractivity contribution in [3.63, 3.8) is 0 Å². The second-order valence-corrected chi connectivity index (χ2v) is 6.81. The second kappa shape index (κ2) is 7.10. The molecule has 1 amide bonds. The lowest BCUT2D eigenvalue weighted by atomic mass is 10.1. The highest BCUT2D eigenvalue weighted by Crippen LogP contribution is 2.24. The van der Waals surface area contributed by atoms with E-state index in [2.05, 4.69) is 47.4 Å². The van der Waals surface area contributed by atoms with E-state index in [0.29, 0.717) is 17.8 Å². The molecule has 0 unspecified atom stereocenters. The fourth-order valence-electron chi connectivity index (χ4n) is 2.20. The second-order valence-electron chi connectivity index (χ2n) is 4.98. The van der Waals surface area contributed by atoms with Crippen LogP contribution < -0.4 is 5.32 Å². The minimum absolute atomic E-state index is 0.156. The smallest absolute Gasteiger partial charge is 0.255 e. The van der Waals surface area contributed by atoms with Gasteiger partial charge in [0, 0.05) is 21.1 Å². The van der Waals surface area contributed by atoms with Gasteiger partial charge in [-0.1, -0.05) is 56.1 Å². The molecule has 3 rings (SSSR count). The number of carbonyl (C=O) groups is 1. The van der Waals surface area contributed by atoms with Gasteiger partial charge in [0.25, 0.3) is 5.91 Å². The number of nitrogens with zero attached hydrogens (tertiary/aromatic N) is 1. The van der Waals surface area contributed by atoms with Gasteiger partial charge in [0.1, 0.15) is 0 Å². The van der Waals surface area contributed by atoms with Crippen LogP contribution in [0.3, 0.4) is 0 Å². The number of H-pyrrole nitrogens is 1. The summed E-state index contributed by atoms with van der Waals surface area (Å²) < 4.78 is 1.96. The van der Waals surface area contributed by atoms with Gasteiger partial charge in [-0.25, -0.2) is 0 Å². The Hall–Kier alpha value is -1.92. The highest BCUT2D eigenvalue weighted by Gasteiger charge is 2.15. The lowest BCUT2D eigenvalue weighted by Crippen LogP contribution is -2.22. The molecule has 0 bridgehead atoms. The third kappa shape index (κ3) is 3.89. The standard InChI is InChI=1S/C17H13Br2N3O/c18-13-6-4-11(5-7-13)9-20-17(23)15-10-21-22-16(15)12-2-1-3-14(19)8-12/h1-8,10H,9H2,(H,20,23)(H,21,22). The number of hydrogen-bond acceptors (Lipinski definition) is 2. The van der Waals surface area contributed by atoms with Crippen molar-refractivity contribution < 1.29 is 4.79 Å². The normalized spacial score (nSPS) is 10.5. The van der Waals surface area contributed by atoms with Crippen LogP contribution >= 0.6 is 31.9 Å². The number of amides is 1. The summed E-state index contributed by atoms with van der Waals surface area (Å²) in [6, 6.07) is 15.6. The van der Waals surface area contributed by atoms with Gasteiger partial charge in [-0.15, -0.1) is 0 Å². The van der Waals surface area contributed by atoms with E-state index < -0.39 is 0 Å². The molecule has 3 aromatic rings. The fraction of sp³-hybridized carbons (Fsp3) is 0.0588. The number of rotatable bonds is 4. The molecular weight excluding hydrogens is 422 g/mol. The van der Waals surface area contributed by atoms with Crippen molar-refractivity contribution in [2.24, 2.45) is 0 Å². The molecule has 1 heterocycles. The third-order valence-corrected chi connectivity index (χ3v) is 4.39. The zero-order valence-corrected chi connectivity index (χ0v) is 15.2. The zero-order valence-electron chi connectivity index (χ0n) is 12.0. The molecule has 0 spiro atoms. The van der Waals surface area contributed by atoms with Crippen molar-refractivity contribution >= 4 is 37.8 Å². The highest BCUT2D eigenvalue weighted by atomic mass is 79.9. The summed E-state index contributed by atoms with van der Waals surface area (Å²) in [6.07, 6.45) is 1.55. The maximum absolute atomic E-state index is 12.4. The first-order valence-electron chi connectivity index (χ1n) is 6.95. The van der Waals surface area contributed by atoms with E-state index in [0.717, 1.165) is 20.1 Å². The Morgan fingerprint density at radius 1 is 1.09 bits per heavy atom. The molecule has 4 nitrogen and oxygen atoms in total. The monoisotopic (exact) mass is 433 g/mol. The lowest BCUT2D eigenvalue weighted by molar-refractivity contribution is 0.0951. The van der Waals surface area contributed by atoms with E-state index in [1.807, 2.05) is 48.5 Å². The molecule has 23 heavy (non-hydrogen) atoms. The predicted molar refractivity (Wildman–Crippen MR) is 97.0 cm³/mol. The van der Waals surface area contributed by atoms with Crippen LogP contribution in [-0.4, -0.2) is 16.1 Å². The van der Waals surface area contributed by atoms with Crippen molar-refractivity contribution in [1.82, 2.24) is 15.5 Å². The molecule has 0 fully saturated rings. The first-order valence-corrected chi connectivity index (χ1v) is 8.54. The van der Waals surface area contributed by atoms with Crippen molar-refractivity contribution in [3.05, 3.63) is 74.8 Å². The van der Waals surface area contributed by atoms with Crippen LogP contribution in [0.25, 0.3) is 11.3 Å². The Labute approximate surface area is 150 Å². The fourth-order valence-corrected chi connectivity index (χ4v) is 2.87. The first-order chi connectivity index (χ1) is 11.1. The molecule has 0 aliphatic heterocycles. The van der Waals surface area contributed by atoms with Crippen molar-refractivity contribution in [2.45, 2.75) is 6.54 Å². The maximum atomic E-state index is 12.4. The predicted octanol–water partition coefficient (Wildman–Crippen LogP) is 4.53. The molecule has 0 aliphatic rings. The van der Waals surface area contributed by atoms with Crippen LogP contribution in [-0.2, 0) is 6.54 Å². The van der Waals surface area contributed by atoms with Gasteiger partial charge in [-0.05, 0) is 29.8 Å². The van der Waals surface area contributed by atoms with Crippen molar-refractivity contribution in [2.75, 3.05) is 0 Å². The number of halogens is 2. The Morgan fingerprint density at radius 3 is 2.61 bits per heavy atom. The number of nitrogens with one attached hydrogen (secondary N) is 2. The van der Waals surface area contributed by atoms with Gasteiger partial charge in [-0.3, -0.25) is 9.89 Å². The summed E-state index contributed by atoms with van der Waals surface area (Å²) in [5.41, 5.74) is 3.18. The first kappa shape index (κ1) is 16.0. The van der Waals surface area contributed by atoms with Gasteiger partial charge >= 0.3 is 0 Å². The minimum Gasteiger partial charge on any atom is -0.348 e. The van der Waals surface area contributed by atoms with Crippen LogP contribution in [0.15, 0.2) is 63.7 Å². The molecule has 2 aromatic carbocycles. The Bertz CT molecular complexity index is 828. The summed E-state index contributed by atoms with van der Waals surface area (Å²) in [4.78, 5) is 12.4. The van der Waals surface area contributed by atoms with Crippen LogP contribution in [0.5, 0.6) is 0 Å². The van der Waals surface area contributed by atoms with Crippen molar-refractivity contribution in [1.29, 1.82) is 0 Å². The van der Waals surface area contributed by atoms with E-state index in [1.165, 1.54) is 0 Å². The highest BCUT2D eigenvalue weighted by molar-refractivity contribution is 9.10. The van der Waals surface area contributed by atoms with Gasteiger partial charge in [0.05, 0.1) is 17.5 Å². The van der Waals surface area contributed by atoms with Crippen LogP contribution in [0.4, 0.5) is 0 Å². The van der Waals surface area contributed by atoms with E-state index in [9.17, 15) is 4.79 Å². The van der Waals surface area contributed by atoms with Gasteiger partial charge < -0.3 is 5.32 Å². The molecule has 2 N–H and O–H groups in total. The third-order valence-electron chi connectivity index (χ3n) is 3.36. The summed E-state index contributed by atoms with van der Waals surface area (Å²) >= 11 is 6.83.